The van der Waals surface area contributed by atoms with Crippen molar-refractivity contribution in [3.05, 3.63) is 76.9 Å². The van der Waals surface area contributed by atoms with E-state index in [4.69, 9.17) is 11.5 Å². The number of para-hydroxylation sites is 1. The van der Waals surface area contributed by atoms with Crippen molar-refractivity contribution in [2.75, 3.05) is 11.1 Å². The molecule has 0 unspecified atom stereocenters. The number of hydrazine groups is 1. The fourth-order valence-electron chi connectivity index (χ4n) is 3.48. The monoisotopic (exact) mass is 510 g/mol. The van der Waals surface area contributed by atoms with E-state index in [2.05, 4.69) is 20.6 Å². The Balaban J connectivity index is 1.76. The number of sulfonamides is 1. The number of aryl methyl sites for hydroxylation is 2. The number of thiophene rings is 1. The molecule has 180 valence electrons. The van der Waals surface area contributed by atoms with Gasteiger partial charge in [0.15, 0.2) is 0 Å². The van der Waals surface area contributed by atoms with E-state index in [0.29, 0.717) is 21.0 Å². The molecule has 0 atom stereocenters. The molecule has 2 heterocycles. The van der Waals surface area contributed by atoms with E-state index < -0.39 is 21.8 Å². The zero-order chi connectivity index (χ0) is 25.3. The Morgan fingerprint density at radius 1 is 0.971 bits per heavy atom. The smallest absolute Gasteiger partial charge is 0.271 e. The maximum absolute atomic E-state index is 13.3. The molecule has 0 aliphatic heterocycles. The highest BCUT2D eigenvalue weighted by molar-refractivity contribution is 7.89. The first kappa shape index (κ1) is 24.1. The first-order valence-electron chi connectivity index (χ1n) is 10.3. The van der Waals surface area contributed by atoms with Gasteiger partial charge in [0.25, 0.3) is 21.8 Å². The SMILES string of the molecule is Cc1ccc(S(=O)(=O)NNC(=O)c2c(Nc3ccccc3)sc3c(C)c(C(N)=O)c(N)nc23)cc1. The molecule has 10 nitrogen and oxygen atoms in total. The molecule has 4 rings (SSSR count). The van der Waals surface area contributed by atoms with Crippen LogP contribution in [0.3, 0.4) is 0 Å². The van der Waals surface area contributed by atoms with Crippen LogP contribution in [-0.4, -0.2) is 25.2 Å². The van der Waals surface area contributed by atoms with E-state index in [9.17, 15) is 18.0 Å². The van der Waals surface area contributed by atoms with Crippen molar-refractivity contribution in [3.63, 3.8) is 0 Å². The summed E-state index contributed by atoms with van der Waals surface area (Å²) >= 11 is 1.17. The Labute approximate surface area is 205 Å². The van der Waals surface area contributed by atoms with Crippen LogP contribution in [0.4, 0.5) is 16.5 Å². The van der Waals surface area contributed by atoms with Crippen molar-refractivity contribution in [3.8, 4) is 0 Å². The van der Waals surface area contributed by atoms with Crippen molar-refractivity contribution >= 4 is 59.9 Å². The molecule has 0 spiro atoms. The van der Waals surface area contributed by atoms with Crippen LogP contribution >= 0.6 is 11.3 Å². The van der Waals surface area contributed by atoms with Crippen LogP contribution in [0.1, 0.15) is 31.8 Å². The van der Waals surface area contributed by atoms with Gasteiger partial charge in [0, 0.05) is 5.69 Å². The summed E-state index contributed by atoms with van der Waals surface area (Å²) in [5.41, 5.74) is 16.1. The van der Waals surface area contributed by atoms with Gasteiger partial charge in [-0.1, -0.05) is 35.9 Å². The summed E-state index contributed by atoms with van der Waals surface area (Å²) in [7, 11) is -4.03. The number of nitrogens with zero attached hydrogens (tertiary/aromatic N) is 1. The fraction of sp³-hybridized carbons (Fsp3) is 0.0870. The second-order valence-electron chi connectivity index (χ2n) is 7.71. The number of fused-ring (bicyclic) bond motifs is 1. The highest BCUT2D eigenvalue weighted by Gasteiger charge is 2.26. The number of nitrogens with one attached hydrogen (secondary N) is 3. The zero-order valence-electron chi connectivity index (χ0n) is 18.7. The molecule has 0 bridgehead atoms. The lowest BCUT2D eigenvalue weighted by molar-refractivity contribution is 0.0946. The number of anilines is 3. The van der Waals surface area contributed by atoms with Gasteiger partial charge in [-0.05, 0) is 43.7 Å². The number of primary amides is 1. The highest BCUT2D eigenvalue weighted by atomic mass is 32.2. The summed E-state index contributed by atoms with van der Waals surface area (Å²) in [6.45, 7) is 3.49. The zero-order valence-corrected chi connectivity index (χ0v) is 20.4. The molecule has 0 radical (unpaired) electrons. The summed E-state index contributed by atoms with van der Waals surface area (Å²) in [4.78, 5) is 31.5. The van der Waals surface area contributed by atoms with Gasteiger partial charge in [-0.15, -0.1) is 16.2 Å². The molecule has 7 N–H and O–H groups in total. The predicted molar refractivity (Wildman–Crippen MR) is 136 cm³/mol. The minimum absolute atomic E-state index is 0.00877. The number of nitrogens with two attached hydrogens (primary N) is 2. The van der Waals surface area contributed by atoms with E-state index in [1.165, 1.54) is 23.5 Å². The van der Waals surface area contributed by atoms with Crippen molar-refractivity contribution in [1.82, 2.24) is 15.2 Å². The Morgan fingerprint density at radius 2 is 1.63 bits per heavy atom. The normalized spacial score (nSPS) is 11.4. The van der Waals surface area contributed by atoms with Crippen molar-refractivity contribution in [2.45, 2.75) is 18.7 Å². The predicted octanol–water partition coefficient (Wildman–Crippen LogP) is 2.96. The number of aromatic nitrogens is 1. The quantitative estimate of drug-likeness (QED) is 0.238. The van der Waals surface area contributed by atoms with Gasteiger partial charge >= 0.3 is 0 Å². The lowest BCUT2D eigenvalue weighted by atomic mass is 10.1. The summed E-state index contributed by atoms with van der Waals surface area (Å²) in [5.74, 6) is -1.62. The summed E-state index contributed by atoms with van der Waals surface area (Å²) < 4.78 is 25.8. The van der Waals surface area contributed by atoms with E-state index in [1.807, 2.05) is 25.1 Å². The first-order chi connectivity index (χ1) is 16.6. The molecule has 0 aliphatic carbocycles. The molecule has 2 aromatic heterocycles. The van der Waals surface area contributed by atoms with E-state index >= 15 is 0 Å². The standard InChI is InChI=1S/C23H22N6O4S2/c1-12-8-10-15(11-9-12)35(32,33)29-28-22(31)17-18-19(13(2)16(21(25)30)20(24)27-18)34-23(17)26-14-6-4-3-5-7-14/h3-11,26,29H,1-2H3,(H2,24,27)(H2,25,30)(H,28,31). The third kappa shape index (κ3) is 4.80. The minimum atomic E-state index is -4.03. The maximum atomic E-state index is 13.3. The highest BCUT2D eigenvalue weighted by Crippen LogP contribution is 2.40. The third-order valence-electron chi connectivity index (χ3n) is 5.22. The van der Waals surface area contributed by atoms with E-state index in [0.717, 1.165) is 5.56 Å². The van der Waals surface area contributed by atoms with Crippen LogP contribution in [0.5, 0.6) is 0 Å². The molecule has 35 heavy (non-hydrogen) atoms. The molecule has 12 heteroatoms. The molecular weight excluding hydrogens is 488 g/mol. The van der Waals surface area contributed by atoms with Crippen LogP contribution in [0, 0.1) is 13.8 Å². The van der Waals surface area contributed by atoms with Crippen LogP contribution in [0.25, 0.3) is 10.2 Å². The molecule has 4 aromatic rings. The molecule has 0 saturated heterocycles. The number of carbonyl (C=O) groups excluding carboxylic acids is 2. The molecular formula is C23H22N6O4S2. The number of carbonyl (C=O) groups is 2. The number of benzene rings is 2. The third-order valence-corrected chi connectivity index (χ3v) is 7.70. The Hall–Kier alpha value is -4.00. The molecule has 2 amide bonds. The van der Waals surface area contributed by atoms with Gasteiger partial charge < -0.3 is 16.8 Å². The number of amides is 2. The van der Waals surface area contributed by atoms with Crippen molar-refractivity contribution < 1.29 is 18.0 Å². The first-order valence-corrected chi connectivity index (χ1v) is 12.6. The number of pyridine rings is 1. The average Bonchev–Trinajstić information content (AvgIpc) is 3.16. The van der Waals surface area contributed by atoms with Gasteiger partial charge in [0.05, 0.1) is 20.7 Å². The Kier molecular flexibility index (Phi) is 6.43. The van der Waals surface area contributed by atoms with E-state index in [-0.39, 0.29) is 27.4 Å². The second kappa shape index (κ2) is 9.33. The Bertz CT molecular complexity index is 1550. The lowest BCUT2D eigenvalue weighted by Crippen LogP contribution is -2.41. The van der Waals surface area contributed by atoms with Gasteiger partial charge in [-0.25, -0.2) is 13.4 Å². The van der Waals surface area contributed by atoms with Gasteiger partial charge in [0.2, 0.25) is 0 Å². The van der Waals surface area contributed by atoms with Crippen molar-refractivity contribution in [1.29, 1.82) is 0 Å². The lowest BCUT2D eigenvalue weighted by Gasteiger charge is -2.11. The average molecular weight is 511 g/mol. The van der Waals surface area contributed by atoms with Crippen LogP contribution in [0.2, 0.25) is 0 Å². The van der Waals surface area contributed by atoms with Gasteiger partial charge in [-0.3, -0.25) is 15.0 Å². The molecule has 2 aromatic carbocycles. The minimum Gasteiger partial charge on any atom is -0.383 e. The van der Waals surface area contributed by atoms with Crippen LogP contribution < -0.4 is 27.0 Å². The fourth-order valence-corrected chi connectivity index (χ4v) is 5.48. The largest absolute Gasteiger partial charge is 0.383 e. The molecule has 0 fully saturated rings. The topological polar surface area (TPSA) is 169 Å². The number of nitrogen functional groups attached to an aromatic ring is 1. The Morgan fingerprint density at radius 3 is 2.26 bits per heavy atom. The summed E-state index contributed by atoms with van der Waals surface area (Å²) in [6, 6.07) is 15.2. The van der Waals surface area contributed by atoms with Crippen LogP contribution in [0.15, 0.2) is 59.5 Å². The summed E-state index contributed by atoms with van der Waals surface area (Å²) in [6.07, 6.45) is 0. The molecule has 0 aliphatic rings. The number of hydrogen-bond donors (Lipinski definition) is 5. The van der Waals surface area contributed by atoms with Gasteiger partial charge in [-0.2, -0.15) is 0 Å². The van der Waals surface area contributed by atoms with Crippen LogP contribution in [-0.2, 0) is 10.0 Å². The number of rotatable bonds is 7. The maximum Gasteiger partial charge on any atom is 0.271 e. The van der Waals surface area contributed by atoms with Crippen molar-refractivity contribution in [2.24, 2.45) is 5.73 Å². The van der Waals surface area contributed by atoms with E-state index in [1.54, 1.807) is 31.2 Å². The number of hydrogen-bond acceptors (Lipinski definition) is 8. The summed E-state index contributed by atoms with van der Waals surface area (Å²) in [5, 5.41) is 3.54. The molecule has 0 saturated carbocycles. The van der Waals surface area contributed by atoms with Gasteiger partial charge in [0.1, 0.15) is 16.4 Å². The second-order valence-corrected chi connectivity index (χ2v) is 10.4.